The maximum atomic E-state index is 12.8. The molecule has 0 heterocycles. The number of nitrogens with zero attached hydrogens (tertiary/aromatic N) is 1. The number of carbonyl (C=O) groups excluding carboxylic acids is 2. The third kappa shape index (κ3) is 56.2. The van der Waals surface area contributed by atoms with Crippen LogP contribution in [0.5, 0.6) is 0 Å². The van der Waals surface area contributed by atoms with E-state index in [-0.39, 0.29) is 32.0 Å². The van der Waals surface area contributed by atoms with Gasteiger partial charge in [0, 0.05) is 12.8 Å². The van der Waals surface area contributed by atoms with Gasteiger partial charge in [-0.05, 0) is 89.9 Å². The highest BCUT2D eigenvalue weighted by Crippen LogP contribution is 2.43. The number of hydrogen-bond donors (Lipinski definition) is 1. The molecule has 0 bridgehead atoms. The molecule has 0 saturated carbocycles. The summed E-state index contributed by atoms with van der Waals surface area (Å²) < 4.78 is 34.6. The van der Waals surface area contributed by atoms with Crippen molar-refractivity contribution in [3.05, 3.63) is 97.2 Å². The Hall–Kier alpha value is -3.07. The Morgan fingerprint density at radius 1 is 0.431 bits per heavy atom. The lowest BCUT2D eigenvalue weighted by Gasteiger charge is -2.24. The number of quaternary nitrogens is 1. The Bertz CT molecular complexity index is 1540. The van der Waals surface area contributed by atoms with Crippen LogP contribution >= 0.6 is 7.82 Å². The molecule has 0 rings (SSSR count). The van der Waals surface area contributed by atoms with Crippen molar-refractivity contribution in [1.82, 2.24) is 0 Å². The van der Waals surface area contributed by atoms with Crippen LogP contribution in [0.15, 0.2) is 97.2 Å². The van der Waals surface area contributed by atoms with Gasteiger partial charge in [0.05, 0.1) is 27.7 Å². The molecule has 0 aliphatic rings. The first kappa shape index (κ1) is 68.9. The van der Waals surface area contributed by atoms with Crippen molar-refractivity contribution in [1.29, 1.82) is 0 Å². The van der Waals surface area contributed by atoms with Crippen molar-refractivity contribution >= 4 is 19.8 Å². The summed E-state index contributed by atoms with van der Waals surface area (Å²) in [7, 11) is 1.46. The topological polar surface area (TPSA) is 108 Å². The highest BCUT2D eigenvalue weighted by molar-refractivity contribution is 7.47. The van der Waals surface area contributed by atoms with Crippen LogP contribution in [0.2, 0.25) is 0 Å². The monoisotopic (exact) mass is 1030 g/mol. The van der Waals surface area contributed by atoms with Gasteiger partial charge in [-0.1, -0.05) is 227 Å². The first-order valence-corrected chi connectivity index (χ1v) is 30.5. The molecule has 0 aromatic carbocycles. The average molecular weight is 1030 g/mol. The second-order valence-electron chi connectivity index (χ2n) is 20.3. The van der Waals surface area contributed by atoms with E-state index in [4.69, 9.17) is 18.5 Å². The first-order chi connectivity index (χ1) is 35.0. The van der Waals surface area contributed by atoms with Crippen LogP contribution in [0.3, 0.4) is 0 Å². The summed E-state index contributed by atoms with van der Waals surface area (Å²) in [5.74, 6) is -0.806. The minimum Gasteiger partial charge on any atom is -0.462 e. The van der Waals surface area contributed by atoms with Gasteiger partial charge in [-0.2, -0.15) is 0 Å². The maximum absolute atomic E-state index is 12.8. The molecular weight excluding hydrogens is 918 g/mol. The van der Waals surface area contributed by atoms with Crippen molar-refractivity contribution < 1.29 is 42.1 Å². The van der Waals surface area contributed by atoms with Gasteiger partial charge in [0.25, 0.3) is 0 Å². The third-order valence-electron chi connectivity index (χ3n) is 12.1. The van der Waals surface area contributed by atoms with Crippen molar-refractivity contribution in [2.75, 3.05) is 47.5 Å². The minimum atomic E-state index is -4.39. The molecule has 9 nitrogen and oxygen atoms in total. The van der Waals surface area contributed by atoms with E-state index in [2.05, 4.69) is 111 Å². The van der Waals surface area contributed by atoms with Gasteiger partial charge in [0.1, 0.15) is 19.8 Å². The molecule has 0 saturated heterocycles. The van der Waals surface area contributed by atoms with Crippen LogP contribution in [0.25, 0.3) is 0 Å². The fourth-order valence-electron chi connectivity index (χ4n) is 7.70. The SMILES string of the molecule is CC/C=C\C/C=C\C/C=C\C/C=C\CCCCCCCCCCCCCCC(=O)OC(COC(=O)CCCCCCCCCCCC/C=C\C/C=C\C/C=C\C/C=C\CC)COP(=O)(O)OCC[N+](C)(C)C. The van der Waals surface area contributed by atoms with Gasteiger partial charge in [0.15, 0.2) is 6.10 Å². The number of esters is 2. The fourth-order valence-corrected chi connectivity index (χ4v) is 8.45. The van der Waals surface area contributed by atoms with Crippen LogP contribution in [0.4, 0.5) is 0 Å². The summed E-state index contributed by atoms with van der Waals surface area (Å²) in [6, 6.07) is 0. The Morgan fingerprint density at radius 2 is 0.750 bits per heavy atom. The smallest absolute Gasteiger partial charge is 0.462 e. The molecule has 72 heavy (non-hydrogen) atoms. The number of ether oxygens (including phenoxy) is 2. The third-order valence-corrected chi connectivity index (χ3v) is 13.1. The van der Waals surface area contributed by atoms with Gasteiger partial charge < -0.3 is 18.9 Å². The van der Waals surface area contributed by atoms with E-state index in [1.165, 1.54) is 103 Å². The molecule has 1 N–H and O–H groups in total. The van der Waals surface area contributed by atoms with E-state index in [1.54, 1.807) is 0 Å². The van der Waals surface area contributed by atoms with Gasteiger partial charge in [0.2, 0.25) is 0 Å². The van der Waals surface area contributed by atoms with Gasteiger partial charge in [-0.3, -0.25) is 18.6 Å². The largest absolute Gasteiger partial charge is 0.472 e. The fraction of sp³-hybridized carbons (Fsp3) is 0.710. The normalized spacial score (nSPS) is 14.0. The van der Waals surface area contributed by atoms with Crippen LogP contribution in [-0.2, 0) is 32.7 Å². The van der Waals surface area contributed by atoms with E-state index >= 15 is 0 Å². The van der Waals surface area contributed by atoms with Gasteiger partial charge in [-0.25, -0.2) is 4.57 Å². The second kappa shape index (κ2) is 52.8. The Labute approximate surface area is 443 Å². The van der Waals surface area contributed by atoms with Crippen molar-refractivity contribution in [3.63, 3.8) is 0 Å². The summed E-state index contributed by atoms with van der Waals surface area (Å²) in [6.07, 6.45) is 71.8. The van der Waals surface area contributed by atoms with Crippen LogP contribution in [0, 0.1) is 0 Å². The molecule has 2 atom stereocenters. The minimum absolute atomic E-state index is 0.0265. The number of unbranched alkanes of at least 4 members (excludes halogenated alkanes) is 22. The number of hydrogen-bond acceptors (Lipinski definition) is 7. The quantitative estimate of drug-likeness (QED) is 0.0211. The molecule has 414 valence electrons. The van der Waals surface area contributed by atoms with E-state index in [0.717, 1.165) is 96.3 Å². The molecule has 10 heteroatoms. The molecule has 0 fully saturated rings. The summed E-state index contributed by atoms with van der Waals surface area (Å²) in [6.45, 7) is 4.21. The number of carbonyl (C=O) groups is 2. The highest BCUT2D eigenvalue weighted by Gasteiger charge is 2.27. The molecule has 0 aliphatic heterocycles. The number of likely N-dealkylation sites (N-methyl/N-ethyl adjacent to an activating group) is 1. The van der Waals surface area contributed by atoms with Crippen molar-refractivity contribution in [3.8, 4) is 0 Å². The predicted molar refractivity (Wildman–Crippen MR) is 307 cm³/mol. The Kier molecular flexibility index (Phi) is 50.5. The van der Waals surface area contributed by atoms with Crippen LogP contribution in [0.1, 0.15) is 232 Å². The van der Waals surface area contributed by atoms with Crippen molar-refractivity contribution in [2.45, 2.75) is 238 Å². The lowest BCUT2D eigenvalue weighted by Crippen LogP contribution is -2.37. The van der Waals surface area contributed by atoms with E-state index in [0.29, 0.717) is 17.4 Å². The number of phosphoric acid groups is 1. The number of allylic oxidation sites excluding steroid dienone is 16. The first-order valence-electron chi connectivity index (χ1n) is 29.0. The standard InChI is InChI=1S/C62H108NO8P/c1-6-8-10-12-14-16-18-20-22-24-26-28-30-31-33-35-37-39-41-43-45-47-49-51-53-55-62(65)71-60(59-70-72(66,67)69-57-56-63(3,4)5)58-68-61(64)54-52-50-48-46-44-42-40-38-36-34-32-29-27-25-23-21-19-17-15-13-11-9-7-2/h8-11,14-17,20-23,26-29,60H,6-7,12-13,18-19,24-25,30-59H2,1-5H3/p+1/b10-8-,11-9-,16-14-,17-15-,22-20-,23-21-,28-26-,29-27-. The molecule has 0 aliphatic carbocycles. The highest BCUT2D eigenvalue weighted by atomic mass is 31.2. The van der Waals surface area contributed by atoms with Crippen LogP contribution < -0.4 is 0 Å². The second-order valence-corrected chi connectivity index (χ2v) is 21.7. The van der Waals surface area contributed by atoms with E-state index in [1.807, 2.05) is 21.1 Å². The zero-order valence-corrected chi connectivity index (χ0v) is 47.8. The summed E-state index contributed by atoms with van der Waals surface area (Å²) >= 11 is 0. The Morgan fingerprint density at radius 3 is 1.11 bits per heavy atom. The molecule has 2 unspecified atom stereocenters. The molecule has 0 aromatic heterocycles. The number of phosphoric ester groups is 1. The lowest BCUT2D eigenvalue weighted by molar-refractivity contribution is -0.870. The zero-order chi connectivity index (χ0) is 52.7. The molecule has 0 aromatic rings. The van der Waals surface area contributed by atoms with Gasteiger partial charge >= 0.3 is 19.8 Å². The zero-order valence-electron chi connectivity index (χ0n) is 46.9. The lowest BCUT2D eigenvalue weighted by atomic mass is 10.0. The van der Waals surface area contributed by atoms with Gasteiger partial charge in [-0.15, -0.1) is 0 Å². The van der Waals surface area contributed by atoms with Crippen LogP contribution in [-0.4, -0.2) is 74.9 Å². The average Bonchev–Trinajstić information content (AvgIpc) is 3.34. The van der Waals surface area contributed by atoms with E-state index < -0.39 is 26.5 Å². The molecule has 0 spiro atoms. The summed E-state index contributed by atoms with van der Waals surface area (Å²) in [4.78, 5) is 35.7. The van der Waals surface area contributed by atoms with Crippen molar-refractivity contribution in [2.24, 2.45) is 0 Å². The Balaban J connectivity index is 4.19. The predicted octanol–water partition coefficient (Wildman–Crippen LogP) is 18.0. The molecule has 0 radical (unpaired) electrons. The summed E-state index contributed by atoms with van der Waals surface area (Å²) in [5.41, 5.74) is 0. The molecule has 0 amide bonds. The number of rotatable bonds is 52. The maximum Gasteiger partial charge on any atom is 0.472 e. The summed E-state index contributed by atoms with van der Waals surface area (Å²) in [5, 5.41) is 0. The molecular formula is C62H109NO8P+. The van der Waals surface area contributed by atoms with E-state index in [9.17, 15) is 19.0 Å².